The fourth-order valence-electron chi connectivity index (χ4n) is 6.66. The first kappa shape index (κ1) is 24.1. The summed E-state index contributed by atoms with van der Waals surface area (Å²) < 4.78 is 0. The summed E-state index contributed by atoms with van der Waals surface area (Å²) in [5.74, 6) is -2.99. The van der Waals surface area contributed by atoms with E-state index >= 15 is 0 Å². The van der Waals surface area contributed by atoms with Gasteiger partial charge in [0, 0.05) is 34.7 Å². The quantitative estimate of drug-likeness (QED) is 0.369. The Balaban J connectivity index is 1.38. The van der Waals surface area contributed by atoms with Gasteiger partial charge in [0.1, 0.15) is 11.5 Å². The third kappa shape index (κ3) is 3.64. The van der Waals surface area contributed by atoms with E-state index in [9.17, 15) is 29.4 Å². The molecule has 2 aromatic rings. The third-order valence-corrected chi connectivity index (χ3v) is 8.46. The predicted molar refractivity (Wildman–Crippen MR) is 138 cm³/mol. The number of benzene rings is 2. The Bertz CT molecular complexity index is 1490. The Hall–Kier alpha value is -4.26. The van der Waals surface area contributed by atoms with Gasteiger partial charge < -0.3 is 10.2 Å². The van der Waals surface area contributed by atoms with Gasteiger partial charge in [-0.05, 0) is 61.9 Å². The van der Waals surface area contributed by atoms with E-state index in [0.29, 0.717) is 35.1 Å². The van der Waals surface area contributed by atoms with Crippen molar-refractivity contribution in [3.8, 4) is 11.5 Å². The van der Waals surface area contributed by atoms with Crippen LogP contribution in [0.15, 0.2) is 83.0 Å². The molecule has 1 heterocycles. The molecule has 0 aromatic heterocycles. The number of hydrogen-bond donors (Lipinski definition) is 2. The van der Waals surface area contributed by atoms with Gasteiger partial charge in [-0.25, -0.2) is 0 Å². The zero-order valence-corrected chi connectivity index (χ0v) is 20.9. The molecule has 0 radical (unpaired) electrons. The lowest BCUT2D eigenvalue weighted by molar-refractivity contribution is -0.140. The van der Waals surface area contributed by atoms with Gasteiger partial charge in [0.2, 0.25) is 11.8 Å². The van der Waals surface area contributed by atoms with Crippen molar-refractivity contribution < 1.29 is 29.4 Å². The number of fused-ring (bicyclic) bond motifs is 3. The Morgan fingerprint density at radius 1 is 0.921 bits per heavy atom. The molecular formula is C31H27NO6. The number of likely N-dealkylation sites (tertiary alicyclic amines) is 1. The maximum Gasteiger partial charge on any atom is 0.233 e. The minimum absolute atomic E-state index is 0.0175. The van der Waals surface area contributed by atoms with Crippen LogP contribution in [0, 0.1) is 17.8 Å². The minimum atomic E-state index is -0.652. The zero-order valence-electron chi connectivity index (χ0n) is 20.9. The predicted octanol–water partition coefficient (Wildman–Crippen LogP) is 3.77. The van der Waals surface area contributed by atoms with Gasteiger partial charge in [-0.3, -0.25) is 24.1 Å². The molecule has 0 spiro atoms. The summed E-state index contributed by atoms with van der Waals surface area (Å²) in [6.45, 7) is 1.84. The molecule has 2 amide bonds. The van der Waals surface area contributed by atoms with Crippen molar-refractivity contribution in [3.63, 3.8) is 0 Å². The molecule has 38 heavy (non-hydrogen) atoms. The second kappa shape index (κ2) is 8.94. The van der Waals surface area contributed by atoms with Gasteiger partial charge in [-0.2, -0.15) is 0 Å². The molecule has 3 aliphatic carbocycles. The van der Waals surface area contributed by atoms with Crippen molar-refractivity contribution in [1.29, 1.82) is 0 Å². The first-order chi connectivity index (χ1) is 18.3. The Kier molecular flexibility index (Phi) is 5.67. The van der Waals surface area contributed by atoms with E-state index in [2.05, 4.69) is 0 Å². The monoisotopic (exact) mass is 509 g/mol. The van der Waals surface area contributed by atoms with Crippen molar-refractivity contribution in [1.82, 2.24) is 4.90 Å². The number of carbonyl (C=O) groups excluding carboxylic acids is 4. The maximum atomic E-state index is 13.8. The van der Waals surface area contributed by atoms with Crippen LogP contribution in [0.3, 0.4) is 0 Å². The van der Waals surface area contributed by atoms with E-state index in [1.165, 1.54) is 11.0 Å². The van der Waals surface area contributed by atoms with Crippen molar-refractivity contribution in [3.05, 3.63) is 94.1 Å². The molecule has 2 N–H and O–H groups in total. The average Bonchev–Trinajstić information content (AvgIpc) is 3.15. The molecule has 7 nitrogen and oxygen atoms in total. The third-order valence-electron chi connectivity index (χ3n) is 8.46. The first-order valence-corrected chi connectivity index (χ1v) is 12.9. The number of nitrogens with zero attached hydrogens (tertiary/aromatic N) is 1. The number of carbonyl (C=O) groups is 4. The van der Waals surface area contributed by atoms with Crippen LogP contribution < -0.4 is 0 Å². The number of phenolic OH excluding ortho intramolecular Hbond substituents is 2. The highest BCUT2D eigenvalue weighted by Crippen LogP contribution is 2.55. The summed E-state index contributed by atoms with van der Waals surface area (Å²) in [6, 6.07) is 13.4. The molecule has 1 fully saturated rings. The molecule has 1 saturated heterocycles. The van der Waals surface area contributed by atoms with Gasteiger partial charge in [0.05, 0.1) is 11.8 Å². The lowest BCUT2D eigenvalue weighted by Gasteiger charge is -2.42. The number of ketones is 2. The van der Waals surface area contributed by atoms with Crippen LogP contribution in [0.2, 0.25) is 0 Å². The van der Waals surface area contributed by atoms with Crippen LogP contribution in [0.4, 0.5) is 0 Å². The van der Waals surface area contributed by atoms with Crippen molar-refractivity contribution >= 4 is 23.4 Å². The largest absolute Gasteiger partial charge is 0.508 e. The molecular weight excluding hydrogens is 482 g/mol. The van der Waals surface area contributed by atoms with Crippen LogP contribution in [-0.2, 0) is 25.6 Å². The molecule has 2 aromatic carbocycles. The smallest absolute Gasteiger partial charge is 0.233 e. The summed E-state index contributed by atoms with van der Waals surface area (Å²) in [5, 5.41) is 20.3. The molecule has 4 unspecified atom stereocenters. The topological polar surface area (TPSA) is 112 Å². The van der Waals surface area contributed by atoms with E-state index in [1.54, 1.807) is 55.5 Å². The van der Waals surface area contributed by atoms with Gasteiger partial charge in [0.25, 0.3) is 0 Å². The number of aromatic hydroxyl groups is 2. The Morgan fingerprint density at radius 3 is 2.39 bits per heavy atom. The number of Topliss-reactive ketones (excluding diaryl/α,β-unsaturated/α-hetero) is 1. The van der Waals surface area contributed by atoms with E-state index in [-0.39, 0.29) is 47.8 Å². The van der Waals surface area contributed by atoms with Crippen LogP contribution in [0.5, 0.6) is 11.5 Å². The summed E-state index contributed by atoms with van der Waals surface area (Å²) in [4.78, 5) is 55.0. The fourth-order valence-corrected chi connectivity index (χ4v) is 6.66. The number of phenols is 2. The van der Waals surface area contributed by atoms with Crippen LogP contribution >= 0.6 is 0 Å². The van der Waals surface area contributed by atoms with E-state index in [0.717, 1.165) is 11.1 Å². The number of amides is 2. The van der Waals surface area contributed by atoms with Crippen molar-refractivity contribution in [2.45, 2.75) is 32.1 Å². The molecule has 0 bridgehead atoms. The minimum Gasteiger partial charge on any atom is -0.508 e. The fraction of sp³-hybridized carbons (Fsp3) is 0.290. The second-order valence-electron chi connectivity index (χ2n) is 10.5. The van der Waals surface area contributed by atoms with E-state index in [4.69, 9.17) is 0 Å². The van der Waals surface area contributed by atoms with Crippen molar-refractivity contribution in [2.75, 3.05) is 6.54 Å². The molecule has 0 saturated carbocycles. The standard InChI is InChI=1S/C31H27NO6/c1-16-14-25(35)28-23(29(16)36)15-22-19(26(28)20-4-2-3-5-24(20)34)10-11-21-27(22)31(38)32(30(21)37)13-12-17-6-8-18(33)9-7-17/h2-10,14,21-22,26-27,33-34H,11-13,15H2,1H3. The second-order valence-corrected chi connectivity index (χ2v) is 10.5. The number of para-hydroxylation sites is 1. The SMILES string of the molecule is CC1=CC(=O)C2=C(CC3C(=CCC4C(=O)N(CCc5ccc(O)cc5)C(=O)C43)C2c2ccccc2O)C1=O. The lowest BCUT2D eigenvalue weighted by atomic mass is 9.59. The molecule has 192 valence electrons. The average molecular weight is 510 g/mol. The highest BCUT2D eigenvalue weighted by molar-refractivity contribution is 6.23. The summed E-state index contributed by atoms with van der Waals surface area (Å²) in [6.07, 6.45) is 4.35. The number of allylic oxidation sites excluding steroid dienone is 6. The van der Waals surface area contributed by atoms with Crippen LogP contribution in [0.25, 0.3) is 0 Å². The van der Waals surface area contributed by atoms with Crippen molar-refractivity contribution in [2.24, 2.45) is 17.8 Å². The van der Waals surface area contributed by atoms with Gasteiger partial charge >= 0.3 is 0 Å². The summed E-state index contributed by atoms with van der Waals surface area (Å²) >= 11 is 0. The molecule has 6 rings (SSSR count). The molecule has 4 atom stereocenters. The van der Waals surface area contributed by atoms with Crippen LogP contribution in [-0.4, -0.2) is 45.0 Å². The Labute approximate surface area is 219 Å². The van der Waals surface area contributed by atoms with Gasteiger partial charge in [0.15, 0.2) is 11.6 Å². The Morgan fingerprint density at radius 2 is 1.66 bits per heavy atom. The van der Waals surface area contributed by atoms with E-state index < -0.39 is 23.7 Å². The highest BCUT2D eigenvalue weighted by Gasteiger charge is 2.56. The maximum absolute atomic E-state index is 13.8. The van der Waals surface area contributed by atoms with Gasteiger partial charge in [-0.15, -0.1) is 0 Å². The highest BCUT2D eigenvalue weighted by atomic mass is 16.3. The molecule has 1 aliphatic heterocycles. The van der Waals surface area contributed by atoms with Gasteiger partial charge in [-0.1, -0.05) is 42.0 Å². The normalized spacial score (nSPS) is 26.6. The number of hydrogen-bond acceptors (Lipinski definition) is 6. The van der Waals surface area contributed by atoms with Crippen LogP contribution in [0.1, 0.15) is 36.8 Å². The summed E-state index contributed by atoms with van der Waals surface area (Å²) in [7, 11) is 0. The van der Waals surface area contributed by atoms with E-state index in [1.807, 2.05) is 6.08 Å². The lowest BCUT2D eigenvalue weighted by Crippen LogP contribution is -2.40. The summed E-state index contributed by atoms with van der Waals surface area (Å²) in [5.41, 5.74) is 3.34. The first-order valence-electron chi connectivity index (χ1n) is 12.9. The molecule has 4 aliphatic rings. The molecule has 7 heteroatoms. The zero-order chi connectivity index (χ0) is 26.7. The number of imide groups is 1. The number of rotatable bonds is 4.